The highest BCUT2D eigenvalue weighted by Crippen LogP contribution is 2.24. The molecule has 1 aliphatic rings. The smallest absolute Gasteiger partial charge is 0.264 e. The van der Waals surface area contributed by atoms with Gasteiger partial charge >= 0.3 is 0 Å². The fraction of sp³-hybridized carbons (Fsp3) is 0.529. The number of hydrogen-bond acceptors (Lipinski definition) is 4. The predicted molar refractivity (Wildman–Crippen MR) is 97.1 cm³/mol. The van der Waals surface area contributed by atoms with Gasteiger partial charge in [0.1, 0.15) is 0 Å². The maximum atomic E-state index is 12.2. The van der Waals surface area contributed by atoms with Crippen molar-refractivity contribution in [3.8, 4) is 11.4 Å². The van der Waals surface area contributed by atoms with Crippen LogP contribution in [0.2, 0.25) is 0 Å². The van der Waals surface area contributed by atoms with Crippen LogP contribution in [0.25, 0.3) is 11.4 Å². The summed E-state index contributed by atoms with van der Waals surface area (Å²) in [6.45, 7) is 4.03. The molecule has 136 valence electrons. The Balaban J connectivity index is 1.65. The van der Waals surface area contributed by atoms with Crippen molar-refractivity contribution in [3.63, 3.8) is 0 Å². The van der Waals surface area contributed by atoms with E-state index in [1.165, 1.54) is 4.31 Å². The Labute approximate surface area is 149 Å². The van der Waals surface area contributed by atoms with E-state index >= 15 is 0 Å². The van der Waals surface area contributed by atoms with Crippen LogP contribution in [-0.4, -0.2) is 59.0 Å². The second kappa shape index (κ2) is 7.23. The Morgan fingerprint density at radius 3 is 2.72 bits per heavy atom. The van der Waals surface area contributed by atoms with Gasteiger partial charge in [0, 0.05) is 46.1 Å². The molecule has 3 rings (SSSR count). The standard InChI is InChI=1S/C17H25N5O2S/c1-4-22-17(7-9-19-22)16-6-5-14(12-18-16)11-15-8-10-21(13-15)25(23,24)20(2)3/h5-7,9,12,15H,4,8,10-11,13H2,1-3H3/t15-/m0/s1. The Morgan fingerprint density at radius 1 is 1.28 bits per heavy atom. The Bertz CT molecular complexity index is 814. The zero-order valence-electron chi connectivity index (χ0n) is 15.0. The van der Waals surface area contributed by atoms with Crippen LogP contribution in [0.5, 0.6) is 0 Å². The molecule has 1 saturated heterocycles. The lowest BCUT2D eigenvalue weighted by Crippen LogP contribution is -2.38. The molecule has 0 N–H and O–H groups in total. The highest BCUT2D eigenvalue weighted by Gasteiger charge is 2.32. The highest BCUT2D eigenvalue weighted by atomic mass is 32.2. The largest absolute Gasteiger partial charge is 0.281 e. The second-order valence-corrected chi connectivity index (χ2v) is 8.73. The molecule has 0 unspecified atom stereocenters. The quantitative estimate of drug-likeness (QED) is 0.782. The number of rotatable bonds is 6. The Hall–Kier alpha value is -1.77. The third-order valence-electron chi connectivity index (χ3n) is 4.66. The topological polar surface area (TPSA) is 71.3 Å². The summed E-state index contributed by atoms with van der Waals surface area (Å²) in [4.78, 5) is 4.57. The number of nitrogens with zero attached hydrogens (tertiary/aromatic N) is 5. The first-order chi connectivity index (χ1) is 11.9. The van der Waals surface area contributed by atoms with E-state index in [4.69, 9.17) is 0 Å². The molecule has 0 bridgehead atoms. The van der Waals surface area contributed by atoms with Crippen LogP contribution >= 0.6 is 0 Å². The van der Waals surface area contributed by atoms with E-state index in [1.54, 1.807) is 24.6 Å². The number of aromatic nitrogens is 3. The van der Waals surface area contributed by atoms with E-state index < -0.39 is 10.2 Å². The zero-order valence-corrected chi connectivity index (χ0v) is 15.8. The number of aryl methyl sites for hydroxylation is 1. The van der Waals surface area contributed by atoms with Crippen LogP contribution < -0.4 is 0 Å². The van der Waals surface area contributed by atoms with E-state index in [1.807, 2.05) is 23.0 Å². The summed E-state index contributed by atoms with van der Waals surface area (Å²) < 4.78 is 29.2. The summed E-state index contributed by atoms with van der Waals surface area (Å²) in [7, 11) is -0.153. The van der Waals surface area contributed by atoms with Gasteiger partial charge in [0.05, 0.1) is 11.4 Å². The minimum Gasteiger partial charge on any atom is -0.264 e. The molecule has 7 nitrogen and oxygen atoms in total. The number of hydrogen-bond donors (Lipinski definition) is 0. The van der Waals surface area contributed by atoms with Gasteiger partial charge in [-0.3, -0.25) is 9.67 Å². The normalized spacial score (nSPS) is 19.0. The molecular weight excluding hydrogens is 338 g/mol. The van der Waals surface area contributed by atoms with Crippen LogP contribution in [0.4, 0.5) is 0 Å². The van der Waals surface area contributed by atoms with Crippen molar-refractivity contribution in [2.24, 2.45) is 5.92 Å². The van der Waals surface area contributed by atoms with E-state index in [0.717, 1.165) is 36.3 Å². The van der Waals surface area contributed by atoms with Crippen LogP contribution in [-0.2, 0) is 23.2 Å². The average molecular weight is 363 g/mol. The first-order valence-electron chi connectivity index (χ1n) is 8.56. The minimum atomic E-state index is -3.30. The van der Waals surface area contributed by atoms with Gasteiger partial charge in [-0.05, 0) is 43.4 Å². The Morgan fingerprint density at radius 2 is 2.08 bits per heavy atom. The van der Waals surface area contributed by atoms with E-state index in [0.29, 0.717) is 19.0 Å². The van der Waals surface area contributed by atoms with Gasteiger partial charge in [-0.15, -0.1) is 0 Å². The summed E-state index contributed by atoms with van der Waals surface area (Å²) >= 11 is 0. The fourth-order valence-electron chi connectivity index (χ4n) is 3.24. The van der Waals surface area contributed by atoms with Gasteiger partial charge in [0.15, 0.2) is 0 Å². The van der Waals surface area contributed by atoms with Gasteiger partial charge in [-0.25, -0.2) is 0 Å². The second-order valence-electron chi connectivity index (χ2n) is 6.59. The molecule has 1 aliphatic heterocycles. The number of pyridine rings is 1. The van der Waals surface area contributed by atoms with Gasteiger partial charge in [-0.2, -0.15) is 22.1 Å². The maximum absolute atomic E-state index is 12.2. The van der Waals surface area contributed by atoms with E-state index in [-0.39, 0.29) is 0 Å². The zero-order chi connectivity index (χ0) is 18.0. The van der Waals surface area contributed by atoms with Crippen molar-refractivity contribution in [2.75, 3.05) is 27.2 Å². The van der Waals surface area contributed by atoms with E-state index in [2.05, 4.69) is 23.1 Å². The van der Waals surface area contributed by atoms with Gasteiger partial charge in [-0.1, -0.05) is 6.07 Å². The minimum absolute atomic E-state index is 0.337. The molecule has 2 aromatic rings. The molecule has 25 heavy (non-hydrogen) atoms. The monoisotopic (exact) mass is 363 g/mol. The first kappa shape index (κ1) is 18.0. The molecule has 2 aromatic heterocycles. The third-order valence-corrected chi connectivity index (χ3v) is 6.57. The molecule has 3 heterocycles. The molecule has 0 saturated carbocycles. The summed E-state index contributed by atoms with van der Waals surface area (Å²) in [6.07, 6.45) is 5.41. The van der Waals surface area contributed by atoms with Gasteiger partial charge in [0.25, 0.3) is 10.2 Å². The fourth-order valence-corrected chi connectivity index (χ4v) is 4.43. The predicted octanol–water partition coefficient (Wildman–Crippen LogP) is 1.64. The molecule has 0 aliphatic carbocycles. The summed E-state index contributed by atoms with van der Waals surface area (Å²) in [5.74, 6) is 0.337. The van der Waals surface area contributed by atoms with Crippen molar-refractivity contribution >= 4 is 10.2 Å². The summed E-state index contributed by atoms with van der Waals surface area (Å²) in [5.41, 5.74) is 3.06. The lowest BCUT2D eigenvalue weighted by atomic mass is 10.00. The molecule has 0 aromatic carbocycles. The first-order valence-corrected chi connectivity index (χ1v) is 9.96. The maximum Gasteiger partial charge on any atom is 0.281 e. The Kier molecular flexibility index (Phi) is 5.21. The van der Waals surface area contributed by atoms with Gasteiger partial charge in [0.2, 0.25) is 0 Å². The third kappa shape index (κ3) is 3.75. The molecular formula is C17H25N5O2S. The molecule has 1 atom stereocenters. The lowest BCUT2D eigenvalue weighted by Gasteiger charge is -2.20. The van der Waals surface area contributed by atoms with Gasteiger partial charge < -0.3 is 0 Å². The summed E-state index contributed by atoms with van der Waals surface area (Å²) in [5, 5.41) is 4.27. The van der Waals surface area contributed by atoms with Crippen molar-refractivity contribution in [1.29, 1.82) is 0 Å². The van der Waals surface area contributed by atoms with Crippen LogP contribution in [0.3, 0.4) is 0 Å². The SMILES string of the molecule is CCn1nccc1-c1ccc(C[C@@H]2CCN(S(=O)(=O)N(C)C)C2)cn1. The lowest BCUT2D eigenvalue weighted by molar-refractivity contribution is 0.409. The van der Waals surface area contributed by atoms with E-state index in [9.17, 15) is 8.42 Å². The average Bonchev–Trinajstić information content (AvgIpc) is 3.24. The molecule has 8 heteroatoms. The van der Waals surface area contributed by atoms with Crippen molar-refractivity contribution in [2.45, 2.75) is 26.3 Å². The van der Waals surface area contributed by atoms with Crippen LogP contribution in [0, 0.1) is 5.92 Å². The highest BCUT2D eigenvalue weighted by molar-refractivity contribution is 7.86. The summed E-state index contributed by atoms with van der Waals surface area (Å²) in [6, 6.07) is 6.06. The molecule has 1 fully saturated rings. The van der Waals surface area contributed by atoms with Crippen molar-refractivity contribution in [3.05, 3.63) is 36.2 Å². The van der Waals surface area contributed by atoms with Crippen molar-refractivity contribution < 1.29 is 8.42 Å². The van der Waals surface area contributed by atoms with Crippen LogP contribution in [0.15, 0.2) is 30.6 Å². The molecule has 0 amide bonds. The molecule has 0 radical (unpaired) electrons. The molecule has 0 spiro atoms. The van der Waals surface area contributed by atoms with Crippen LogP contribution in [0.1, 0.15) is 18.9 Å². The van der Waals surface area contributed by atoms with Crippen molar-refractivity contribution in [1.82, 2.24) is 23.4 Å².